The fourth-order valence-corrected chi connectivity index (χ4v) is 3.68. The molecule has 21 heavy (non-hydrogen) atoms. The molecule has 1 aromatic heterocycles. The number of rotatable bonds is 5. The van der Waals surface area contributed by atoms with E-state index in [-0.39, 0.29) is 17.3 Å². The third kappa shape index (κ3) is 3.66. The van der Waals surface area contributed by atoms with E-state index in [1.54, 1.807) is 17.1 Å². The second kappa shape index (κ2) is 6.79. The molecule has 1 aliphatic rings. The molecule has 0 aliphatic carbocycles. The van der Waals surface area contributed by atoms with E-state index in [1.807, 2.05) is 13.8 Å². The predicted molar refractivity (Wildman–Crippen MR) is 77.8 cm³/mol. The molecule has 0 aromatic carbocycles. The molecule has 2 atom stereocenters. The molecule has 9 heteroatoms. The maximum atomic E-state index is 12.3. The minimum Gasteiger partial charge on any atom is -0.480 e. The Morgan fingerprint density at radius 1 is 1.52 bits per heavy atom. The first-order chi connectivity index (χ1) is 10.0. The van der Waals surface area contributed by atoms with E-state index in [4.69, 9.17) is 0 Å². The van der Waals surface area contributed by atoms with Crippen LogP contribution in [0.2, 0.25) is 0 Å². The molecule has 0 bridgehead atoms. The van der Waals surface area contributed by atoms with Crippen molar-refractivity contribution in [1.29, 1.82) is 0 Å². The number of amides is 2. The molecule has 0 spiro atoms. The van der Waals surface area contributed by atoms with E-state index in [0.717, 1.165) is 0 Å². The molecular formula is C12H19N5O3S. The monoisotopic (exact) mass is 313 g/mol. The standard InChI is InChI=1S/C12H19N5O3S/c1-8(2)10-17(9(7-21-10)11(18)19)12(20)13-3-5-16-6-4-14-15-16/h4,6,8-10H,3,5,7H2,1-2H3,(H,13,20)(H,18,19). The number of carboxylic acid groups (broad SMARTS) is 1. The van der Waals surface area contributed by atoms with Crippen LogP contribution in [-0.4, -0.2) is 60.7 Å². The minimum absolute atomic E-state index is 0.113. The van der Waals surface area contributed by atoms with Crippen molar-refractivity contribution in [1.82, 2.24) is 25.2 Å². The van der Waals surface area contributed by atoms with E-state index >= 15 is 0 Å². The van der Waals surface area contributed by atoms with Crippen LogP contribution in [0.5, 0.6) is 0 Å². The van der Waals surface area contributed by atoms with Crippen LogP contribution in [0.1, 0.15) is 13.8 Å². The van der Waals surface area contributed by atoms with Crippen LogP contribution in [0.3, 0.4) is 0 Å². The number of aromatic nitrogens is 3. The van der Waals surface area contributed by atoms with Crippen LogP contribution >= 0.6 is 11.8 Å². The predicted octanol–water partition coefficient (Wildman–Crippen LogP) is 0.472. The highest BCUT2D eigenvalue weighted by molar-refractivity contribution is 8.00. The Bertz CT molecular complexity index is 493. The average Bonchev–Trinajstić information content (AvgIpc) is 3.07. The lowest BCUT2D eigenvalue weighted by Gasteiger charge is -2.29. The van der Waals surface area contributed by atoms with Crippen LogP contribution in [0.4, 0.5) is 4.79 Å². The summed E-state index contributed by atoms with van der Waals surface area (Å²) in [4.78, 5) is 25.0. The molecule has 1 saturated heterocycles. The summed E-state index contributed by atoms with van der Waals surface area (Å²) in [5.74, 6) is -0.341. The summed E-state index contributed by atoms with van der Waals surface area (Å²) in [6.45, 7) is 4.84. The number of hydrogen-bond acceptors (Lipinski definition) is 5. The smallest absolute Gasteiger partial charge is 0.327 e. The van der Waals surface area contributed by atoms with Gasteiger partial charge in [-0.2, -0.15) is 0 Å². The van der Waals surface area contributed by atoms with Crippen LogP contribution in [0.15, 0.2) is 12.4 Å². The number of urea groups is 1. The third-order valence-corrected chi connectivity index (χ3v) is 4.83. The van der Waals surface area contributed by atoms with Gasteiger partial charge in [-0.1, -0.05) is 19.1 Å². The molecule has 1 aliphatic heterocycles. The molecule has 116 valence electrons. The van der Waals surface area contributed by atoms with Gasteiger partial charge in [-0.15, -0.1) is 16.9 Å². The Labute approximate surface area is 126 Å². The maximum Gasteiger partial charge on any atom is 0.327 e. The molecule has 1 aromatic rings. The van der Waals surface area contributed by atoms with Crippen molar-refractivity contribution in [2.75, 3.05) is 12.3 Å². The fraction of sp³-hybridized carbons (Fsp3) is 0.667. The number of aliphatic carboxylic acids is 1. The quantitative estimate of drug-likeness (QED) is 0.819. The summed E-state index contributed by atoms with van der Waals surface area (Å²) < 4.78 is 1.60. The van der Waals surface area contributed by atoms with Crippen LogP contribution in [-0.2, 0) is 11.3 Å². The highest BCUT2D eigenvalue weighted by atomic mass is 32.2. The normalized spacial score (nSPS) is 21.8. The lowest BCUT2D eigenvalue weighted by Crippen LogP contribution is -2.51. The van der Waals surface area contributed by atoms with E-state index < -0.39 is 12.0 Å². The second-order valence-electron chi connectivity index (χ2n) is 5.13. The van der Waals surface area contributed by atoms with Gasteiger partial charge in [0.05, 0.1) is 18.1 Å². The number of nitrogens with zero attached hydrogens (tertiary/aromatic N) is 4. The van der Waals surface area contributed by atoms with Gasteiger partial charge in [0.15, 0.2) is 0 Å². The topological polar surface area (TPSA) is 100 Å². The van der Waals surface area contributed by atoms with E-state index in [1.165, 1.54) is 16.7 Å². The Kier molecular flexibility index (Phi) is 5.05. The number of carbonyl (C=O) groups excluding carboxylic acids is 1. The molecule has 2 unspecified atom stereocenters. The largest absolute Gasteiger partial charge is 0.480 e. The Balaban J connectivity index is 1.94. The molecule has 2 amide bonds. The summed E-state index contributed by atoms with van der Waals surface area (Å²) in [5, 5.41) is 19.4. The van der Waals surface area contributed by atoms with Crippen molar-refractivity contribution in [3.05, 3.63) is 12.4 Å². The first kappa shape index (κ1) is 15.6. The van der Waals surface area contributed by atoms with Crippen molar-refractivity contribution in [3.63, 3.8) is 0 Å². The molecule has 2 heterocycles. The van der Waals surface area contributed by atoms with Crippen LogP contribution in [0, 0.1) is 5.92 Å². The van der Waals surface area contributed by atoms with Gasteiger partial charge in [-0.25, -0.2) is 9.59 Å². The second-order valence-corrected chi connectivity index (χ2v) is 6.28. The summed E-state index contributed by atoms with van der Waals surface area (Å²) in [6.07, 6.45) is 3.27. The number of hydrogen-bond donors (Lipinski definition) is 2. The van der Waals surface area contributed by atoms with Gasteiger partial charge in [0.1, 0.15) is 6.04 Å². The van der Waals surface area contributed by atoms with E-state index in [2.05, 4.69) is 15.6 Å². The van der Waals surface area contributed by atoms with Crippen molar-refractivity contribution in [2.45, 2.75) is 31.8 Å². The van der Waals surface area contributed by atoms with E-state index in [0.29, 0.717) is 18.8 Å². The van der Waals surface area contributed by atoms with Crippen molar-refractivity contribution < 1.29 is 14.7 Å². The Morgan fingerprint density at radius 2 is 2.29 bits per heavy atom. The molecule has 0 radical (unpaired) electrons. The molecule has 8 nitrogen and oxygen atoms in total. The highest BCUT2D eigenvalue weighted by Gasteiger charge is 2.42. The van der Waals surface area contributed by atoms with Crippen LogP contribution in [0.25, 0.3) is 0 Å². The first-order valence-electron chi connectivity index (χ1n) is 6.75. The van der Waals surface area contributed by atoms with Crippen molar-refractivity contribution in [2.24, 2.45) is 5.92 Å². The van der Waals surface area contributed by atoms with Gasteiger partial charge < -0.3 is 10.4 Å². The average molecular weight is 313 g/mol. The molecule has 0 saturated carbocycles. The summed E-state index contributed by atoms with van der Waals surface area (Å²) in [6, 6.07) is -1.11. The molecule has 2 N–H and O–H groups in total. The lowest BCUT2D eigenvalue weighted by atomic mass is 10.2. The fourth-order valence-electron chi connectivity index (χ4n) is 2.21. The first-order valence-corrected chi connectivity index (χ1v) is 7.80. The van der Waals surface area contributed by atoms with Gasteiger partial charge in [0.2, 0.25) is 0 Å². The summed E-state index contributed by atoms with van der Waals surface area (Å²) in [5.41, 5.74) is 0. The number of thioether (sulfide) groups is 1. The van der Waals surface area contributed by atoms with Crippen LogP contribution < -0.4 is 5.32 Å². The lowest BCUT2D eigenvalue weighted by molar-refractivity contribution is -0.141. The Hall–Kier alpha value is -1.77. The van der Waals surface area contributed by atoms with Gasteiger partial charge in [-0.05, 0) is 5.92 Å². The highest BCUT2D eigenvalue weighted by Crippen LogP contribution is 2.33. The summed E-state index contributed by atoms with van der Waals surface area (Å²) >= 11 is 1.51. The number of carboxylic acids is 1. The molecule has 1 fully saturated rings. The minimum atomic E-state index is -0.961. The molecule has 2 rings (SSSR count). The van der Waals surface area contributed by atoms with Gasteiger partial charge >= 0.3 is 12.0 Å². The Morgan fingerprint density at radius 3 is 2.86 bits per heavy atom. The molecular weight excluding hydrogens is 294 g/mol. The zero-order chi connectivity index (χ0) is 15.4. The van der Waals surface area contributed by atoms with E-state index in [9.17, 15) is 14.7 Å². The SMILES string of the molecule is CC(C)C1SCC(C(=O)O)N1C(=O)NCCn1ccnn1. The van der Waals surface area contributed by atoms with Gasteiger partial charge in [0, 0.05) is 18.5 Å². The maximum absolute atomic E-state index is 12.3. The number of nitrogens with one attached hydrogen (secondary N) is 1. The van der Waals surface area contributed by atoms with Crippen molar-refractivity contribution >= 4 is 23.8 Å². The summed E-state index contributed by atoms with van der Waals surface area (Å²) in [7, 11) is 0. The zero-order valence-electron chi connectivity index (χ0n) is 12.0. The third-order valence-electron chi connectivity index (χ3n) is 3.21. The number of carbonyl (C=O) groups is 2. The zero-order valence-corrected chi connectivity index (χ0v) is 12.8. The van der Waals surface area contributed by atoms with Gasteiger partial charge in [0.25, 0.3) is 0 Å². The van der Waals surface area contributed by atoms with Gasteiger partial charge in [-0.3, -0.25) is 9.58 Å². The van der Waals surface area contributed by atoms with Crippen molar-refractivity contribution in [3.8, 4) is 0 Å².